The third-order valence-corrected chi connectivity index (χ3v) is 4.99. The summed E-state index contributed by atoms with van der Waals surface area (Å²) in [5.74, 6) is 1.48. The summed E-state index contributed by atoms with van der Waals surface area (Å²) in [5.41, 5.74) is 2.56. The van der Waals surface area contributed by atoms with Crippen LogP contribution in [0, 0.1) is 5.82 Å². The number of methoxy groups -OCH3 is 1. The smallest absolute Gasteiger partial charge is 0.191 e. The first-order chi connectivity index (χ1) is 12.6. The van der Waals surface area contributed by atoms with E-state index in [-0.39, 0.29) is 11.2 Å². The second-order valence-corrected chi connectivity index (χ2v) is 6.74. The van der Waals surface area contributed by atoms with Gasteiger partial charge in [0.15, 0.2) is 5.96 Å². The summed E-state index contributed by atoms with van der Waals surface area (Å²) < 4.78 is 18.3. The molecule has 2 aromatic carbocycles. The Labute approximate surface area is 154 Å². The van der Waals surface area contributed by atoms with Gasteiger partial charge in [-0.25, -0.2) is 4.39 Å². The predicted molar refractivity (Wildman–Crippen MR) is 103 cm³/mol. The maximum absolute atomic E-state index is 13.1. The molecule has 3 rings (SSSR count). The molecule has 0 radical (unpaired) electrons. The Bertz CT molecular complexity index is 737. The molecule has 0 heterocycles. The Morgan fingerprint density at radius 2 is 1.77 bits per heavy atom. The summed E-state index contributed by atoms with van der Waals surface area (Å²) in [6, 6.07) is 15.0. The first-order valence-electron chi connectivity index (χ1n) is 8.99. The molecule has 0 aliphatic heterocycles. The Kier molecular flexibility index (Phi) is 5.76. The maximum atomic E-state index is 13.1. The predicted octanol–water partition coefficient (Wildman–Crippen LogP) is 3.27. The van der Waals surface area contributed by atoms with Gasteiger partial charge in [-0.1, -0.05) is 24.3 Å². The van der Waals surface area contributed by atoms with E-state index in [1.165, 1.54) is 23.3 Å². The van der Waals surface area contributed by atoms with Gasteiger partial charge in [0.1, 0.15) is 11.6 Å². The summed E-state index contributed by atoms with van der Waals surface area (Å²) in [7, 11) is 3.45. The van der Waals surface area contributed by atoms with Crippen LogP contribution in [0.4, 0.5) is 4.39 Å². The van der Waals surface area contributed by atoms with Gasteiger partial charge in [-0.2, -0.15) is 0 Å². The number of nitrogens with one attached hydrogen (secondary N) is 2. The van der Waals surface area contributed by atoms with Crippen LogP contribution in [-0.4, -0.2) is 33.2 Å². The zero-order valence-electron chi connectivity index (χ0n) is 15.4. The van der Waals surface area contributed by atoms with Crippen LogP contribution in [0.15, 0.2) is 53.5 Å². The summed E-state index contributed by atoms with van der Waals surface area (Å²) in [5, 5.41) is 6.77. The molecule has 0 saturated heterocycles. The highest BCUT2D eigenvalue weighted by atomic mass is 19.1. The minimum atomic E-state index is -0.187. The average Bonchev–Trinajstić information content (AvgIpc) is 3.46. The van der Waals surface area contributed by atoms with Gasteiger partial charge in [0.05, 0.1) is 7.11 Å². The van der Waals surface area contributed by atoms with Gasteiger partial charge in [0.2, 0.25) is 0 Å². The van der Waals surface area contributed by atoms with E-state index in [0.29, 0.717) is 0 Å². The number of hydrogen-bond donors (Lipinski definition) is 2. The van der Waals surface area contributed by atoms with Crippen LogP contribution in [-0.2, 0) is 11.8 Å². The highest BCUT2D eigenvalue weighted by Gasteiger charge is 2.44. The molecular weight excluding hydrogens is 329 g/mol. The largest absolute Gasteiger partial charge is 0.497 e. The van der Waals surface area contributed by atoms with Crippen LogP contribution in [0.5, 0.6) is 5.75 Å². The van der Waals surface area contributed by atoms with Crippen molar-refractivity contribution < 1.29 is 9.13 Å². The third-order valence-electron chi connectivity index (χ3n) is 4.99. The number of nitrogens with zero attached hydrogens (tertiary/aromatic N) is 1. The lowest BCUT2D eigenvalue weighted by atomic mass is 9.96. The highest BCUT2D eigenvalue weighted by Crippen LogP contribution is 2.47. The number of guanidine groups is 1. The molecule has 0 unspecified atom stereocenters. The fourth-order valence-electron chi connectivity index (χ4n) is 3.11. The molecule has 2 N–H and O–H groups in total. The molecule has 2 aromatic rings. The molecule has 0 aromatic heterocycles. The minimum absolute atomic E-state index is 0.112. The summed E-state index contributed by atoms with van der Waals surface area (Å²) in [4.78, 5) is 4.30. The number of ether oxygens (including phenoxy) is 1. The van der Waals surface area contributed by atoms with Crippen LogP contribution in [0.1, 0.15) is 24.0 Å². The maximum Gasteiger partial charge on any atom is 0.191 e. The first kappa shape index (κ1) is 18.2. The van der Waals surface area contributed by atoms with E-state index in [4.69, 9.17) is 4.74 Å². The van der Waals surface area contributed by atoms with Crippen molar-refractivity contribution in [2.75, 3.05) is 27.2 Å². The Morgan fingerprint density at radius 3 is 2.35 bits per heavy atom. The second kappa shape index (κ2) is 8.21. The van der Waals surface area contributed by atoms with Gasteiger partial charge in [0, 0.05) is 25.6 Å². The van der Waals surface area contributed by atoms with Gasteiger partial charge >= 0.3 is 0 Å². The monoisotopic (exact) mass is 355 g/mol. The molecule has 4 nitrogen and oxygen atoms in total. The molecule has 0 amide bonds. The molecule has 5 heteroatoms. The van der Waals surface area contributed by atoms with E-state index in [2.05, 4.69) is 27.8 Å². The normalized spacial score (nSPS) is 15.4. The Balaban J connectivity index is 1.46. The highest BCUT2D eigenvalue weighted by molar-refractivity contribution is 5.79. The van der Waals surface area contributed by atoms with Gasteiger partial charge in [-0.15, -0.1) is 0 Å². The zero-order valence-corrected chi connectivity index (χ0v) is 15.4. The topological polar surface area (TPSA) is 45.7 Å². The van der Waals surface area contributed by atoms with E-state index < -0.39 is 0 Å². The van der Waals surface area contributed by atoms with Crippen LogP contribution in [0.3, 0.4) is 0 Å². The van der Waals surface area contributed by atoms with Gasteiger partial charge < -0.3 is 15.4 Å². The van der Waals surface area contributed by atoms with E-state index >= 15 is 0 Å². The lowest BCUT2D eigenvalue weighted by molar-refractivity contribution is 0.414. The van der Waals surface area contributed by atoms with Crippen LogP contribution >= 0.6 is 0 Å². The fraction of sp³-hybridized carbons (Fsp3) is 0.381. The zero-order chi connectivity index (χ0) is 18.4. The molecule has 138 valence electrons. The standard InChI is InChI=1S/C21H26FN3O/c1-23-20(24-14-11-16-3-9-19(26-2)10-4-16)25-15-21(12-13-21)17-5-7-18(22)8-6-17/h3-10H,11-15H2,1-2H3,(H2,23,24,25). The van der Waals surface area contributed by atoms with Gasteiger partial charge in [-0.3, -0.25) is 4.99 Å². The van der Waals surface area contributed by atoms with Crippen molar-refractivity contribution in [1.82, 2.24) is 10.6 Å². The summed E-state index contributed by atoms with van der Waals surface area (Å²) >= 11 is 0. The van der Waals surface area contributed by atoms with E-state index in [1.807, 2.05) is 24.3 Å². The van der Waals surface area contributed by atoms with Crippen molar-refractivity contribution >= 4 is 5.96 Å². The molecule has 1 saturated carbocycles. The quantitative estimate of drug-likeness (QED) is 0.592. The SMILES string of the molecule is CN=C(NCCc1ccc(OC)cc1)NCC1(c2ccc(F)cc2)CC1. The number of hydrogen-bond acceptors (Lipinski definition) is 2. The fourth-order valence-corrected chi connectivity index (χ4v) is 3.11. The molecule has 26 heavy (non-hydrogen) atoms. The Morgan fingerprint density at radius 1 is 1.08 bits per heavy atom. The van der Waals surface area contributed by atoms with Crippen LogP contribution < -0.4 is 15.4 Å². The van der Waals surface area contributed by atoms with Crippen molar-refractivity contribution in [1.29, 1.82) is 0 Å². The minimum Gasteiger partial charge on any atom is -0.497 e. The average molecular weight is 355 g/mol. The molecule has 0 atom stereocenters. The Hall–Kier alpha value is -2.56. The van der Waals surface area contributed by atoms with Crippen LogP contribution in [0.2, 0.25) is 0 Å². The van der Waals surface area contributed by atoms with Crippen molar-refractivity contribution in [3.63, 3.8) is 0 Å². The number of rotatable bonds is 7. The van der Waals surface area contributed by atoms with E-state index in [9.17, 15) is 4.39 Å². The third kappa shape index (κ3) is 4.54. The molecule has 0 bridgehead atoms. The van der Waals surface area contributed by atoms with Crippen molar-refractivity contribution in [2.24, 2.45) is 4.99 Å². The van der Waals surface area contributed by atoms with Crippen LogP contribution in [0.25, 0.3) is 0 Å². The lowest BCUT2D eigenvalue weighted by Gasteiger charge is -2.19. The van der Waals surface area contributed by atoms with E-state index in [0.717, 1.165) is 44.1 Å². The second-order valence-electron chi connectivity index (χ2n) is 6.74. The number of benzene rings is 2. The molecular formula is C21H26FN3O. The molecule has 1 aliphatic rings. The van der Waals surface area contributed by atoms with Crippen molar-refractivity contribution in [3.05, 3.63) is 65.5 Å². The lowest BCUT2D eigenvalue weighted by Crippen LogP contribution is -2.41. The first-order valence-corrected chi connectivity index (χ1v) is 8.99. The summed E-state index contributed by atoms with van der Waals surface area (Å²) in [6.45, 7) is 1.61. The van der Waals surface area contributed by atoms with Gasteiger partial charge in [-0.05, 0) is 54.7 Å². The van der Waals surface area contributed by atoms with Crippen molar-refractivity contribution in [2.45, 2.75) is 24.7 Å². The van der Waals surface area contributed by atoms with Gasteiger partial charge in [0.25, 0.3) is 0 Å². The molecule has 1 fully saturated rings. The summed E-state index contributed by atoms with van der Waals surface area (Å²) in [6.07, 6.45) is 3.15. The number of halogens is 1. The van der Waals surface area contributed by atoms with Crippen molar-refractivity contribution in [3.8, 4) is 5.75 Å². The number of aliphatic imine (C=N–C) groups is 1. The molecule has 1 aliphatic carbocycles. The van der Waals surface area contributed by atoms with E-state index in [1.54, 1.807) is 14.2 Å². The molecule has 0 spiro atoms.